The van der Waals surface area contributed by atoms with E-state index in [2.05, 4.69) is 16.7 Å². The summed E-state index contributed by atoms with van der Waals surface area (Å²) in [5, 5.41) is 14.6. The molecular weight excluding hydrogens is 526 g/mol. The second-order valence-electron chi connectivity index (χ2n) is 8.96. The smallest absolute Gasteiger partial charge is 0.293 e. The molecule has 3 aromatic rings. The number of nitrogens with zero attached hydrogens (tertiary/aromatic N) is 2. The van der Waals surface area contributed by atoms with Gasteiger partial charge in [-0.05, 0) is 62.2 Å². The fourth-order valence-corrected chi connectivity index (χ4v) is 4.88. The van der Waals surface area contributed by atoms with Gasteiger partial charge in [-0.3, -0.25) is 19.2 Å². The number of amides is 3. The number of para-hydroxylation sites is 1. The van der Waals surface area contributed by atoms with Gasteiger partial charge in [0.15, 0.2) is 0 Å². The summed E-state index contributed by atoms with van der Waals surface area (Å²) in [5.41, 5.74) is 6.90. The number of likely N-dealkylation sites (N-methyl/N-ethyl adjacent to an activating group) is 1. The number of unbranched alkanes of at least 4 members (excludes halogenated alkanes) is 1. The second kappa shape index (κ2) is 15.2. The van der Waals surface area contributed by atoms with Crippen molar-refractivity contribution in [2.24, 2.45) is 5.73 Å². The maximum Gasteiger partial charge on any atom is 0.293 e. The molecule has 0 aliphatic carbocycles. The van der Waals surface area contributed by atoms with Gasteiger partial charge in [0.25, 0.3) is 11.8 Å². The van der Waals surface area contributed by atoms with Crippen LogP contribution in [-0.4, -0.2) is 54.6 Å². The third-order valence-electron chi connectivity index (χ3n) is 5.93. The monoisotopic (exact) mass is 557 g/mol. The second-order valence-corrected chi connectivity index (χ2v) is 10.0. The van der Waals surface area contributed by atoms with Gasteiger partial charge >= 0.3 is 0 Å². The van der Waals surface area contributed by atoms with Gasteiger partial charge in [0.2, 0.25) is 11.7 Å². The Labute approximate surface area is 237 Å². The predicted octanol–water partition coefficient (Wildman–Crippen LogP) is 3.60. The highest BCUT2D eigenvalue weighted by Crippen LogP contribution is 2.33. The first kappa shape index (κ1) is 30.1. The third-order valence-corrected chi connectivity index (χ3v) is 7.08. The molecule has 10 heteroatoms. The number of benzene rings is 3. The Bertz CT molecular complexity index is 1390. The molecule has 0 heterocycles. The maximum absolute atomic E-state index is 13.3. The standard InChI is InChI=1S/C30H31N5O4S/c1-35(30(39)23-14-6-8-17-26(23)40-25-16-7-5-11-21(25)19-32)20-27(36)34-24(15-9-10-18-31)28(37)29(38)33-22-12-3-2-4-13-22/h2-8,11-14,16-17,24H,9-10,15,18,20,31H2,1H3,(H,33,38)(H,34,36). The number of hydrogen-bond acceptors (Lipinski definition) is 7. The first-order valence-electron chi connectivity index (χ1n) is 12.7. The molecule has 4 N–H and O–H groups in total. The van der Waals surface area contributed by atoms with E-state index in [0.717, 1.165) is 0 Å². The Balaban J connectivity index is 1.68. The van der Waals surface area contributed by atoms with E-state index >= 15 is 0 Å². The van der Waals surface area contributed by atoms with Crippen molar-refractivity contribution in [2.45, 2.75) is 35.1 Å². The molecule has 3 amide bonds. The van der Waals surface area contributed by atoms with E-state index in [1.54, 1.807) is 72.8 Å². The van der Waals surface area contributed by atoms with Crippen LogP contribution in [0.15, 0.2) is 88.7 Å². The number of Topliss-reactive ketones (excluding diaryl/α,β-unsaturated/α-hetero) is 1. The quantitative estimate of drug-likeness (QED) is 0.215. The van der Waals surface area contributed by atoms with Gasteiger partial charge in [-0.1, -0.05) is 54.2 Å². The van der Waals surface area contributed by atoms with E-state index in [1.165, 1.54) is 23.7 Å². The molecule has 0 radical (unpaired) electrons. The van der Waals surface area contributed by atoms with Crippen LogP contribution in [0.5, 0.6) is 0 Å². The molecule has 3 rings (SSSR count). The average Bonchev–Trinajstić information content (AvgIpc) is 2.97. The molecule has 1 unspecified atom stereocenters. The molecule has 40 heavy (non-hydrogen) atoms. The van der Waals surface area contributed by atoms with E-state index in [-0.39, 0.29) is 13.0 Å². The highest BCUT2D eigenvalue weighted by atomic mass is 32.2. The van der Waals surface area contributed by atoms with E-state index in [0.29, 0.717) is 46.0 Å². The van der Waals surface area contributed by atoms with Gasteiger partial charge < -0.3 is 21.3 Å². The number of nitrogens with two attached hydrogens (primary N) is 1. The van der Waals surface area contributed by atoms with E-state index in [9.17, 15) is 24.4 Å². The van der Waals surface area contributed by atoms with Crippen LogP contribution in [0.3, 0.4) is 0 Å². The zero-order chi connectivity index (χ0) is 28.9. The maximum atomic E-state index is 13.3. The van der Waals surface area contributed by atoms with Gasteiger partial charge in [0, 0.05) is 22.5 Å². The normalized spacial score (nSPS) is 11.1. The van der Waals surface area contributed by atoms with Crippen LogP contribution in [-0.2, 0) is 14.4 Å². The Kier molecular flexibility index (Phi) is 11.4. The van der Waals surface area contributed by atoms with E-state index < -0.39 is 29.5 Å². The fraction of sp³-hybridized carbons (Fsp3) is 0.233. The van der Waals surface area contributed by atoms with Gasteiger partial charge in [0.1, 0.15) is 6.07 Å². The predicted molar refractivity (Wildman–Crippen MR) is 154 cm³/mol. The molecule has 3 aromatic carbocycles. The van der Waals surface area contributed by atoms with Crippen LogP contribution in [0, 0.1) is 11.3 Å². The molecule has 0 aliphatic heterocycles. The largest absolute Gasteiger partial charge is 0.344 e. The number of rotatable bonds is 13. The number of carbonyl (C=O) groups is 4. The van der Waals surface area contributed by atoms with Gasteiger partial charge in [0.05, 0.1) is 23.7 Å². The fourth-order valence-electron chi connectivity index (χ4n) is 3.87. The lowest BCUT2D eigenvalue weighted by atomic mass is 10.0. The summed E-state index contributed by atoms with van der Waals surface area (Å²) in [6.45, 7) is 0.0894. The summed E-state index contributed by atoms with van der Waals surface area (Å²) in [6.07, 6.45) is 1.40. The van der Waals surface area contributed by atoms with Crippen LogP contribution in [0.1, 0.15) is 35.2 Å². The average molecular weight is 558 g/mol. The minimum absolute atomic E-state index is 0.236. The van der Waals surface area contributed by atoms with Crippen LogP contribution >= 0.6 is 11.8 Å². The van der Waals surface area contributed by atoms with Gasteiger partial charge in [-0.2, -0.15) is 5.26 Å². The van der Waals surface area contributed by atoms with Crippen molar-refractivity contribution >= 4 is 41.0 Å². The summed E-state index contributed by atoms with van der Waals surface area (Å²) in [7, 11) is 1.49. The molecule has 0 bridgehead atoms. The van der Waals surface area contributed by atoms with Crippen molar-refractivity contribution in [1.82, 2.24) is 10.2 Å². The molecule has 9 nitrogen and oxygen atoms in total. The number of nitriles is 1. The Morgan fingerprint density at radius 1 is 0.925 bits per heavy atom. The highest BCUT2D eigenvalue weighted by molar-refractivity contribution is 7.99. The Hall–Kier alpha value is -4.46. The highest BCUT2D eigenvalue weighted by Gasteiger charge is 2.28. The molecule has 1 atom stereocenters. The Morgan fingerprint density at radius 2 is 1.57 bits per heavy atom. The van der Waals surface area contributed by atoms with E-state index in [1.807, 2.05) is 6.07 Å². The molecular formula is C30H31N5O4S. The summed E-state index contributed by atoms with van der Waals surface area (Å²) in [6, 6.07) is 23.7. The van der Waals surface area contributed by atoms with Crippen molar-refractivity contribution in [1.29, 1.82) is 5.26 Å². The van der Waals surface area contributed by atoms with E-state index in [4.69, 9.17) is 5.73 Å². The summed E-state index contributed by atoms with van der Waals surface area (Å²) in [4.78, 5) is 54.3. The molecule has 0 aliphatic rings. The Morgan fingerprint density at radius 3 is 2.27 bits per heavy atom. The molecule has 0 fully saturated rings. The van der Waals surface area contributed by atoms with Gasteiger partial charge in [-0.25, -0.2) is 0 Å². The SMILES string of the molecule is CN(CC(=O)NC(CCCCN)C(=O)C(=O)Nc1ccccc1)C(=O)c1ccccc1Sc1ccccc1C#N. The minimum atomic E-state index is -1.06. The molecule has 0 saturated heterocycles. The molecule has 0 saturated carbocycles. The first-order valence-corrected chi connectivity index (χ1v) is 13.6. The molecule has 0 spiro atoms. The number of carbonyl (C=O) groups excluding carboxylic acids is 4. The minimum Gasteiger partial charge on any atom is -0.344 e. The number of nitrogens with one attached hydrogen (secondary N) is 2. The first-order chi connectivity index (χ1) is 19.3. The summed E-state index contributed by atoms with van der Waals surface area (Å²) in [5.74, 6) is -2.59. The van der Waals surface area contributed by atoms with Crippen LogP contribution in [0.2, 0.25) is 0 Å². The topological polar surface area (TPSA) is 145 Å². The van der Waals surface area contributed by atoms with Crippen molar-refractivity contribution in [3.63, 3.8) is 0 Å². The van der Waals surface area contributed by atoms with Crippen LogP contribution in [0.4, 0.5) is 5.69 Å². The van der Waals surface area contributed by atoms with Gasteiger partial charge in [-0.15, -0.1) is 0 Å². The number of ketones is 1. The van der Waals surface area contributed by atoms with Crippen LogP contribution in [0.25, 0.3) is 0 Å². The van der Waals surface area contributed by atoms with Crippen molar-refractivity contribution in [2.75, 3.05) is 25.5 Å². The summed E-state index contributed by atoms with van der Waals surface area (Å²) < 4.78 is 0. The van der Waals surface area contributed by atoms with Crippen LogP contribution < -0.4 is 16.4 Å². The summed E-state index contributed by atoms with van der Waals surface area (Å²) >= 11 is 1.29. The molecule has 0 aromatic heterocycles. The van der Waals surface area contributed by atoms with Crippen molar-refractivity contribution < 1.29 is 19.2 Å². The lowest BCUT2D eigenvalue weighted by molar-refractivity contribution is -0.137. The zero-order valence-corrected chi connectivity index (χ0v) is 22.9. The lowest BCUT2D eigenvalue weighted by Gasteiger charge is -2.21. The lowest BCUT2D eigenvalue weighted by Crippen LogP contribution is -2.49. The zero-order valence-electron chi connectivity index (χ0n) is 22.1. The number of anilines is 1. The molecule has 206 valence electrons. The van der Waals surface area contributed by atoms with Crippen molar-refractivity contribution in [3.05, 3.63) is 90.0 Å². The van der Waals surface area contributed by atoms with Crippen molar-refractivity contribution in [3.8, 4) is 6.07 Å². The third kappa shape index (κ3) is 8.53. The number of hydrogen-bond donors (Lipinski definition) is 3.